The van der Waals surface area contributed by atoms with E-state index in [1.807, 2.05) is 38.1 Å². The first kappa shape index (κ1) is 14.0. The van der Waals surface area contributed by atoms with E-state index in [4.69, 9.17) is 11.6 Å². The van der Waals surface area contributed by atoms with Crippen LogP contribution in [0.2, 0.25) is 5.02 Å². The molecule has 0 spiro atoms. The summed E-state index contributed by atoms with van der Waals surface area (Å²) in [6.45, 7) is 3.73. The lowest BCUT2D eigenvalue weighted by Crippen LogP contribution is -2.35. The Labute approximate surface area is 131 Å². The van der Waals surface area contributed by atoms with E-state index in [-0.39, 0.29) is 11.8 Å². The summed E-state index contributed by atoms with van der Waals surface area (Å²) in [4.78, 5) is 25.6. The Kier molecular flexibility index (Phi) is 3.43. The van der Waals surface area contributed by atoms with Gasteiger partial charge in [0, 0.05) is 15.5 Å². The molecular weight excluding hydrogens is 306 g/mol. The van der Waals surface area contributed by atoms with Crippen molar-refractivity contribution in [2.45, 2.75) is 13.8 Å². The van der Waals surface area contributed by atoms with Crippen molar-refractivity contribution < 1.29 is 9.59 Å². The van der Waals surface area contributed by atoms with E-state index >= 15 is 0 Å². The fraction of sp³-hybridized carbons (Fsp3) is 0.125. The molecule has 3 rings (SSSR count). The summed E-state index contributed by atoms with van der Waals surface area (Å²) in [5.41, 5.74) is 2.86. The largest absolute Gasteiger partial charge is 0.288 e. The number of amides is 2. The molecule has 2 heterocycles. The maximum absolute atomic E-state index is 12.0. The number of carbonyl (C=O) groups excluding carboxylic acids is 2. The highest BCUT2D eigenvalue weighted by Gasteiger charge is 2.30. The SMILES string of the molecule is CC(C)=C1C(=O)NC(=O)c2cc(-c3ccccc3Cl)sc21. The minimum Gasteiger partial charge on any atom is -0.288 e. The summed E-state index contributed by atoms with van der Waals surface area (Å²) in [6.07, 6.45) is 0. The third-order valence-corrected chi connectivity index (χ3v) is 4.81. The van der Waals surface area contributed by atoms with E-state index in [9.17, 15) is 9.59 Å². The maximum Gasteiger partial charge on any atom is 0.259 e. The van der Waals surface area contributed by atoms with Crippen molar-refractivity contribution in [3.63, 3.8) is 0 Å². The molecule has 1 N–H and O–H groups in total. The van der Waals surface area contributed by atoms with E-state index in [1.54, 1.807) is 6.07 Å². The first-order valence-electron chi connectivity index (χ1n) is 6.41. The molecule has 0 radical (unpaired) electrons. The zero-order chi connectivity index (χ0) is 15.1. The monoisotopic (exact) mass is 317 g/mol. The zero-order valence-electron chi connectivity index (χ0n) is 11.5. The van der Waals surface area contributed by atoms with Crippen LogP contribution in [0.4, 0.5) is 0 Å². The number of hydrogen-bond donors (Lipinski definition) is 1. The lowest BCUT2D eigenvalue weighted by atomic mass is 10.00. The Balaban J connectivity index is 2.23. The van der Waals surface area contributed by atoms with Gasteiger partial charge >= 0.3 is 0 Å². The molecule has 106 valence electrons. The molecule has 21 heavy (non-hydrogen) atoms. The zero-order valence-corrected chi connectivity index (χ0v) is 13.1. The molecule has 2 amide bonds. The first-order chi connectivity index (χ1) is 9.99. The number of rotatable bonds is 1. The van der Waals surface area contributed by atoms with Gasteiger partial charge in [0.15, 0.2) is 0 Å². The number of thiophene rings is 1. The highest BCUT2D eigenvalue weighted by molar-refractivity contribution is 7.17. The molecule has 1 aromatic heterocycles. The van der Waals surface area contributed by atoms with Gasteiger partial charge < -0.3 is 0 Å². The summed E-state index contributed by atoms with van der Waals surface area (Å²) < 4.78 is 0. The third-order valence-electron chi connectivity index (χ3n) is 3.30. The quantitative estimate of drug-likeness (QED) is 0.635. The molecule has 0 bridgehead atoms. The number of imide groups is 1. The summed E-state index contributed by atoms with van der Waals surface area (Å²) >= 11 is 7.64. The van der Waals surface area contributed by atoms with Crippen LogP contribution in [-0.4, -0.2) is 11.8 Å². The van der Waals surface area contributed by atoms with E-state index in [2.05, 4.69) is 5.32 Å². The second-order valence-electron chi connectivity index (χ2n) is 4.99. The van der Waals surface area contributed by atoms with Crippen molar-refractivity contribution in [3.05, 3.63) is 51.4 Å². The van der Waals surface area contributed by atoms with Gasteiger partial charge in [0.25, 0.3) is 11.8 Å². The number of halogens is 1. The summed E-state index contributed by atoms with van der Waals surface area (Å²) in [5.74, 6) is -0.686. The van der Waals surface area contributed by atoms with Crippen LogP contribution in [0.25, 0.3) is 16.0 Å². The molecule has 2 aromatic rings. The number of carbonyl (C=O) groups is 2. The van der Waals surface area contributed by atoms with Crippen molar-refractivity contribution in [2.24, 2.45) is 0 Å². The number of benzene rings is 1. The molecule has 0 saturated heterocycles. The summed E-state index contributed by atoms with van der Waals surface area (Å²) in [7, 11) is 0. The molecular formula is C16H12ClNO2S. The Morgan fingerprint density at radius 3 is 2.48 bits per heavy atom. The Morgan fingerprint density at radius 2 is 1.81 bits per heavy atom. The van der Waals surface area contributed by atoms with Gasteiger partial charge in [-0.2, -0.15) is 0 Å². The Morgan fingerprint density at radius 1 is 1.10 bits per heavy atom. The minimum absolute atomic E-state index is 0.333. The summed E-state index contributed by atoms with van der Waals surface area (Å²) in [6, 6.07) is 9.26. The Hall–Kier alpha value is -1.91. The second kappa shape index (κ2) is 5.13. The fourth-order valence-electron chi connectivity index (χ4n) is 2.33. The van der Waals surface area contributed by atoms with Crippen LogP contribution in [0.5, 0.6) is 0 Å². The van der Waals surface area contributed by atoms with Crippen LogP contribution in [0.15, 0.2) is 35.9 Å². The fourth-order valence-corrected chi connectivity index (χ4v) is 3.97. The van der Waals surface area contributed by atoms with Crippen molar-refractivity contribution in [1.29, 1.82) is 0 Å². The van der Waals surface area contributed by atoms with Gasteiger partial charge in [0.2, 0.25) is 0 Å². The van der Waals surface area contributed by atoms with Gasteiger partial charge in [-0.05, 0) is 26.0 Å². The lowest BCUT2D eigenvalue weighted by Gasteiger charge is -2.15. The molecule has 3 nitrogen and oxygen atoms in total. The number of nitrogens with one attached hydrogen (secondary N) is 1. The van der Waals surface area contributed by atoms with Gasteiger partial charge in [-0.15, -0.1) is 11.3 Å². The highest BCUT2D eigenvalue weighted by atomic mass is 35.5. The van der Waals surface area contributed by atoms with Crippen molar-refractivity contribution in [3.8, 4) is 10.4 Å². The Bertz CT molecular complexity index is 800. The topological polar surface area (TPSA) is 46.2 Å². The molecule has 0 atom stereocenters. The average Bonchev–Trinajstić information content (AvgIpc) is 2.83. The molecule has 1 aliphatic rings. The normalized spacial score (nSPS) is 14.0. The second-order valence-corrected chi connectivity index (χ2v) is 6.45. The van der Waals surface area contributed by atoms with Crippen molar-refractivity contribution in [1.82, 2.24) is 5.32 Å². The molecule has 0 unspecified atom stereocenters. The minimum atomic E-state index is -0.352. The van der Waals surface area contributed by atoms with E-state index in [0.717, 1.165) is 20.9 Å². The summed E-state index contributed by atoms with van der Waals surface area (Å²) in [5, 5.41) is 3.01. The van der Waals surface area contributed by atoms with Crippen LogP contribution >= 0.6 is 22.9 Å². The predicted octanol–water partition coefficient (Wildman–Crippen LogP) is 4.13. The molecule has 0 fully saturated rings. The van der Waals surface area contributed by atoms with E-state index in [1.165, 1.54) is 11.3 Å². The van der Waals surface area contributed by atoms with Gasteiger partial charge in [-0.25, -0.2) is 0 Å². The van der Waals surface area contributed by atoms with Gasteiger partial charge in [0.1, 0.15) is 0 Å². The van der Waals surface area contributed by atoms with Crippen LogP contribution in [0.1, 0.15) is 29.1 Å². The molecule has 1 aliphatic heterocycles. The van der Waals surface area contributed by atoms with Gasteiger partial charge in [-0.1, -0.05) is 35.4 Å². The van der Waals surface area contributed by atoms with Crippen LogP contribution in [-0.2, 0) is 4.79 Å². The van der Waals surface area contributed by atoms with E-state index in [0.29, 0.717) is 16.2 Å². The number of hydrogen-bond acceptors (Lipinski definition) is 3. The van der Waals surface area contributed by atoms with Crippen LogP contribution < -0.4 is 5.32 Å². The maximum atomic E-state index is 12.0. The van der Waals surface area contributed by atoms with Crippen molar-refractivity contribution >= 4 is 40.3 Å². The highest BCUT2D eigenvalue weighted by Crippen LogP contribution is 2.40. The molecule has 0 aliphatic carbocycles. The predicted molar refractivity (Wildman–Crippen MR) is 85.5 cm³/mol. The van der Waals surface area contributed by atoms with E-state index < -0.39 is 0 Å². The lowest BCUT2D eigenvalue weighted by molar-refractivity contribution is -0.114. The van der Waals surface area contributed by atoms with Gasteiger partial charge in [0.05, 0.1) is 16.0 Å². The molecule has 5 heteroatoms. The number of allylic oxidation sites excluding steroid dienone is 1. The molecule has 0 saturated carbocycles. The number of fused-ring (bicyclic) bond motifs is 1. The molecule has 1 aromatic carbocycles. The van der Waals surface area contributed by atoms with Gasteiger partial charge in [-0.3, -0.25) is 14.9 Å². The average molecular weight is 318 g/mol. The third kappa shape index (κ3) is 2.30. The first-order valence-corrected chi connectivity index (χ1v) is 7.60. The van der Waals surface area contributed by atoms with Crippen LogP contribution in [0, 0.1) is 0 Å². The van der Waals surface area contributed by atoms with Crippen LogP contribution in [0.3, 0.4) is 0 Å². The van der Waals surface area contributed by atoms with Crippen molar-refractivity contribution in [2.75, 3.05) is 0 Å². The standard InChI is InChI=1S/C16H12ClNO2S/c1-8(2)13-14-10(15(19)18-16(13)20)7-12(21-14)9-5-3-4-6-11(9)17/h3-7H,1-2H3,(H,18,19,20). The smallest absolute Gasteiger partial charge is 0.259 e.